The molecule has 0 unspecified atom stereocenters. The van der Waals surface area contributed by atoms with Gasteiger partial charge in [0, 0.05) is 35.2 Å². The highest BCUT2D eigenvalue weighted by molar-refractivity contribution is 6.30. The van der Waals surface area contributed by atoms with E-state index in [0.29, 0.717) is 48.0 Å². The molecule has 4 rings (SSSR count). The summed E-state index contributed by atoms with van der Waals surface area (Å²) in [6.07, 6.45) is 1.36. The monoisotopic (exact) mass is 403 g/mol. The lowest BCUT2D eigenvalue weighted by Gasteiger charge is -2.30. The lowest BCUT2D eigenvalue weighted by molar-refractivity contribution is 0.0704. The first-order valence-corrected chi connectivity index (χ1v) is 9.23. The van der Waals surface area contributed by atoms with Gasteiger partial charge in [0.15, 0.2) is 11.6 Å². The zero-order valence-electron chi connectivity index (χ0n) is 14.7. The number of carbonyl (C=O) groups excluding carboxylic acids is 1. The fraction of sp³-hybridized carbons (Fsp3) is 0.250. The molecule has 0 N–H and O–H groups in total. The Hall–Kier alpha value is -2.80. The lowest BCUT2D eigenvalue weighted by atomic mass is 9.96. The highest BCUT2D eigenvalue weighted by Gasteiger charge is 2.28. The number of piperidine rings is 1. The van der Waals surface area contributed by atoms with Crippen molar-refractivity contribution in [3.63, 3.8) is 0 Å². The predicted molar refractivity (Wildman–Crippen MR) is 99.0 cm³/mol. The van der Waals surface area contributed by atoms with E-state index in [-0.39, 0.29) is 17.6 Å². The van der Waals surface area contributed by atoms with Crippen LogP contribution in [0.1, 0.15) is 35.0 Å². The Bertz CT molecular complexity index is 999. The van der Waals surface area contributed by atoms with Crippen LogP contribution in [0.2, 0.25) is 5.02 Å². The van der Waals surface area contributed by atoms with E-state index in [2.05, 4.69) is 10.1 Å². The van der Waals surface area contributed by atoms with Gasteiger partial charge in [-0.15, -0.1) is 0 Å². The molecule has 0 radical (unpaired) electrons. The maximum atomic E-state index is 13.4. The van der Waals surface area contributed by atoms with E-state index >= 15 is 0 Å². The molecule has 144 valence electrons. The molecule has 0 aliphatic carbocycles. The average Bonchev–Trinajstić information content (AvgIpc) is 3.20. The summed E-state index contributed by atoms with van der Waals surface area (Å²) in [5.41, 5.74) is 0.950. The summed E-state index contributed by atoms with van der Waals surface area (Å²) in [6.45, 7) is 1.13. The Morgan fingerprint density at radius 3 is 2.46 bits per heavy atom. The van der Waals surface area contributed by atoms with Gasteiger partial charge in [-0.25, -0.2) is 8.78 Å². The summed E-state index contributed by atoms with van der Waals surface area (Å²) >= 11 is 5.86. The largest absolute Gasteiger partial charge is 0.339 e. The Labute approximate surface area is 164 Å². The van der Waals surface area contributed by atoms with E-state index in [1.165, 1.54) is 6.07 Å². The van der Waals surface area contributed by atoms with Crippen molar-refractivity contribution in [1.29, 1.82) is 0 Å². The molecule has 0 atom stereocenters. The molecule has 2 heterocycles. The molecule has 0 bridgehead atoms. The van der Waals surface area contributed by atoms with E-state index in [0.717, 1.165) is 12.1 Å². The van der Waals surface area contributed by atoms with Crippen LogP contribution in [0, 0.1) is 11.6 Å². The third kappa shape index (κ3) is 3.75. The van der Waals surface area contributed by atoms with Gasteiger partial charge in [0.05, 0.1) is 0 Å². The summed E-state index contributed by atoms with van der Waals surface area (Å²) in [4.78, 5) is 18.7. The average molecular weight is 404 g/mol. The number of carbonyl (C=O) groups is 1. The second kappa shape index (κ2) is 7.67. The van der Waals surface area contributed by atoms with Crippen molar-refractivity contribution in [3.8, 4) is 11.4 Å². The Morgan fingerprint density at radius 1 is 1.07 bits per heavy atom. The number of likely N-dealkylation sites (tertiary alicyclic amines) is 1. The minimum absolute atomic E-state index is 0.0146. The zero-order valence-corrected chi connectivity index (χ0v) is 15.5. The van der Waals surface area contributed by atoms with E-state index in [1.54, 1.807) is 29.2 Å². The van der Waals surface area contributed by atoms with Crippen LogP contribution in [0.3, 0.4) is 0 Å². The van der Waals surface area contributed by atoms with Gasteiger partial charge in [0.25, 0.3) is 5.91 Å². The fourth-order valence-electron chi connectivity index (χ4n) is 3.26. The molecule has 0 saturated carbocycles. The number of halogens is 3. The minimum Gasteiger partial charge on any atom is -0.339 e. The Balaban J connectivity index is 1.41. The van der Waals surface area contributed by atoms with Crippen LogP contribution in [0.25, 0.3) is 11.4 Å². The highest BCUT2D eigenvalue weighted by atomic mass is 35.5. The molecule has 5 nitrogen and oxygen atoms in total. The highest BCUT2D eigenvalue weighted by Crippen LogP contribution is 2.29. The minimum atomic E-state index is -0.960. The van der Waals surface area contributed by atoms with E-state index < -0.39 is 11.6 Å². The van der Waals surface area contributed by atoms with Crippen molar-refractivity contribution in [2.45, 2.75) is 18.8 Å². The number of aromatic nitrogens is 2. The SMILES string of the molecule is O=C(c1ccc(Cl)cc1)N1CCC(c2nc(-c3ccc(F)c(F)c3)no2)CC1. The molecule has 1 aromatic heterocycles. The standard InChI is InChI=1S/C20H16ClF2N3O2/c21-15-4-1-13(2-5-15)20(27)26-9-7-12(8-10-26)19-24-18(25-28-19)14-3-6-16(22)17(23)11-14/h1-6,11-12H,7-10H2. The van der Waals surface area contributed by atoms with Crippen LogP contribution in [0.4, 0.5) is 8.78 Å². The smallest absolute Gasteiger partial charge is 0.253 e. The summed E-state index contributed by atoms with van der Waals surface area (Å²) in [7, 11) is 0. The van der Waals surface area contributed by atoms with Crippen LogP contribution >= 0.6 is 11.6 Å². The number of hydrogen-bond acceptors (Lipinski definition) is 4. The van der Waals surface area contributed by atoms with E-state index in [4.69, 9.17) is 16.1 Å². The van der Waals surface area contributed by atoms with Crippen LogP contribution in [-0.4, -0.2) is 34.0 Å². The van der Waals surface area contributed by atoms with Crippen LogP contribution < -0.4 is 0 Å². The van der Waals surface area contributed by atoms with E-state index in [9.17, 15) is 13.6 Å². The van der Waals surface area contributed by atoms with Gasteiger partial charge in [0.1, 0.15) is 0 Å². The van der Waals surface area contributed by atoms with E-state index in [1.807, 2.05) is 0 Å². The molecular formula is C20H16ClF2N3O2. The Morgan fingerprint density at radius 2 is 1.79 bits per heavy atom. The molecule has 3 aromatic rings. The topological polar surface area (TPSA) is 59.2 Å². The van der Waals surface area contributed by atoms with Gasteiger partial charge in [-0.3, -0.25) is 4.79 Å². The van der Waals surface area contributed by atoms with Gasteiger partial charge in [-0.1, -0.05) is 16.8 Å². The van der Waals surface area contributed by atoms with Crippen molar-refractivity contribution in [2.75, 3.05) is 13.1 Å². The van der Waals surface area contributed by atoms with Crippen molar-refractivity contribution in [1.82, 2.24) is 15.0 Å². The summed E-state index contributed by atoms with van der Waals surface area (Å²) in [5, 5.41) is 4.46. The summed E-state index contributed by atoms with van der Waals surface area (Å²) < 4.78 is 31.8. The maximum Gasteiger partial charge on any atom is 0.253 e. The summed E-state index contributed by atoms with van der Waals surface area (Å²) in [6, 6.07) is 10.3. The molecule has 1 aliphatic rings. The lowest BCUT2D eigenvalue weighted by Crippen LogP contribution is -2.37. The van der Waals surface area contributed by atoms with Crippen molar-refractivity contribution in [3.05, 3.63) is 70.6 Å². The number of amides is 1. The molecule has 28 heavy (non-hydrogen) atoms. The molecule has 8 heteroatoms. The number of hydrogen-bond donors (Lipinski definition) is 0. The molecule has 2 aromatic carbocycles. The van der Waals surface area contributed by atoms with Crippen LogP contribution in [-0.2, 0) is 0 Å². The first-order chi connectivity index (χ1) is 13.5. The van der Waals surface area contributed by atoms with Crippen molar-refractivity contribution >= 4 is 17.5 Å². The third-order valence-electron chi connectivity index (χ3n) is 4.84. The third-order valence-corrected chi connectivity index (χ3v) is 5.09. The normalized spacial score (nSPS) is 15.0. The molecule has 1 fully saturated rings. The second-order valence-corrected chi connectivity index (χ2v) is 7.09. The molecule has 1 aliphatic heterocycles. The fourth-order valence-corrected chi connectivity index (χ4v) is 3.38. The van der Waals surface area contributed by atoms with Crippen LogP contribution in [0.5, 0.6) is 0 Å². The van der Waals surface area contributed by atoms with Crippen LogP contribution in [0.15, 0.2) is 47.0 Å². The zero-order chi connectivity index (χ0) is 19.7. The molecule has 1 saturated heterocycles. The van der Waals surface area contributed by atoms with Gasteiger partial charge in [0.2, 0.25) is 11.7 Å². The molecule has 1 amide bonds. The van der Waals surface area contributed by atoms with Gasteiger partial charge < -0.3 is 9.42 Å². The number of rotatable bonds is 3. The first kappa shape index (κ1) is 18.6. The number of benzene rings is 2. The first-order valence-electron chi connectivity index (χ1n) is 8.85. The quantitative estimate of drug-likeness (QED) is 0.636. The summed E-state index contributed by atoms with van der Waals surface area (Å²) in [5.74, 6) is -1.25. The Kier molecular flexibility index (Phi) is 5.09. The van der Waals surface area contributed by atoms with Gasteiger partial charge in [-0.05, 0) is 55.3 Å². The van der Waals surface area contributed by atoms with Crippen molar-refractivity contribution < 1.29 is 18.1 Å². The van der Waals surface area contributed by atoms with Gasteiger partial charge in [-0.2, -0.15) is 4.98 Å². The second-order valence-electron chi connectivity index (χ2n) is 6.66. The molecule has 0 spiro atoms. The maximum absolute atomic E-state index is 13.4. The predicted octanol–water partition coefficient (Wildman–Crippen LogP) is 4.69. The number of nitrogens with zero attached hydrogens (tertiary/aromatic N) is 3. The van der Waals surface area contributed by atoms with Crippen molar-refractivity contribution in [2.24, 2.45) is 0 Å². The van der Waals surface area contributed by atoms with Gasteiger partial charge >= 0.3 is 0 Å². The molecular weight excluding hydrogens is 388 g/mol.